The second-order valence-electron chi connectivity index (χ2n) is 8.90. The second-order valence-corrected chi connectivity index (χ2v) is 8.90. The van der Waals surface area contributed by atoms with Gasteiger partial charge in [-0.15, -0.1) is 0 Å². The number of pyridine rings is 2. The number of likely N-dealkylation sites (tertiary alicyclic amines) is 1. The minimum atomic E-state index is -0.167. The number of amides is 1. The van der Waals surface area contributed by atoms with Crippen LogP contribution in [0.2, 0.25) is 0 Å². The molecule has 166 valence electrons. The molecule has 0 unspecified atom stereocenters. The average molecular weight is 430 g/mol. The molecule has 1 amide bonds. The fourth-order valence-electron chi connectivity index (χ4n) is 4.65. The first kappa shape index (κ1) is 22.0. The van der Waals surface area contributed by atoms with Gasteiger partial charge in [-0.1, -0.05) is 37.3 Å². The topological polar surface area (TPSA) is 55.2 Å². The van der Waals surface area contributed by atoms with Crippen molar-refractivity contribution >= 4 is 5.91 Å². The van der Waals surface area contributed by atoms with Crippen molar-refractivity contribution in [3.05, 3.63) is 99.2 Å². The van der Waals surface area contributed by atoms with Crippen LogP contribution < -0.4 is 5.43 Å². The highest BCUT2D eigenvalue weighted by Gasteiger charge is 2.27. The van der Waals surface area contributed by atoms with E-state index in [0.717, 1.165) is 42.8 Å². The Bertz CT molecular complexity index is 1120. The molecule has 0 N–H and O–H groups in total. The smallest absolute Gasteiger partial charge is 0.259 e. The van der Waals surface area contributed by atoms with Crippen LogP contribution in [-0.2, 0) is 19.4 Å². The molecule has 0 radical (unpaired) electrons. The van der Waals surface area contributed by atoms with Gasteiger partial charge in [0.05, 0.1) is 0 Å². The fraction of sp³-hybridized carbons (Fsp3) is 0.370. The largest absolute Gasteiger partial charge is 0.343 e. The number of aromatic nitrogens is 2. The number of aryl methyl sites for hydroxylation is 2. The van der Waals surface area contributed by atoms with E-state index in [2.05, 4.69) is 28.6 Å². The maximum Gasteiger partial charge on any atom is 0.259 e. The van der Waals surface area contributed by atoms with E-state index in [-0.39, 0.29) is 11.3 Å². The third kappa shape index (κ3) is 4.98. The Morgan fingerprint density at radius 2 is 1.81 bits per heavy atom. The summed E-state index contributed by atoms with van der Waals surface area (Å²) < 4.78 is 2.14. The highest BCUT2D eigenvalue weighted by molar-refractivity contribution is 5.95. The van der Waals surface area contributed by atoms with E-state index in [4.69, 9.17) is 0 Å². The first-order chi connectivity index (χ1) is 15.5. The summed E-state index contributed by atoms with van der Waals surface area (Å²) in [6.45, 7) is 6.17. The SMILES string of the molecule is Cc1cc(=O)c(C(=O)N2CCC[C@H](C)C2)c(CCc2ccccc2)n1Cc1ccncc1. The van der Waals surface area contributed by atoms with Crippen LogP contribution in [0.3, 0.4) is 0 Å². The summed E-state index contributed by atoms with van der Waals surface area (Å²) in [6.07, 6.45) is 7.08. The van der Waals surface area contributed by atoms with Crippen molar-refractivity contribution in [1.29, 1.82) is 0 Å². The van der Waals surface area contributed by atoms with Crippen LogP contribution in [-0.4, -0.2) is 33.4 Å². The van der Waals surface area contributed by atoms with Gasteiger partial charge in [0, 0.05) is 49.5 Å². The summed E-state index contributed by atoms with van der Waals surface area (Å²) >= 11 is 0. The predicted octanol–water partition coefficient (Wildman–Crippen LogP) is 4.26. The maximum atomic E-state index is 13.6. The molecule has 1 aliphatic rings. The Morgan fingerprint density at radius 1 is 1.06 bits per heavy atom. The summed E-state index contributed by atoms with van der Waals surface area (Å²) in [7, 11) is 0. The van der Waals surface area contributed by atoms with E-state index >= 15 is 0 Å². The van der Waals surface area contributed by atoms with Gasteiger partial charge in [-0.3, -0.25) is 14.6 Å². The third-order valence-electron chi connectivity index (χ3n) is 6.37. The molecular formula is C27H31N3O2. The second kappa shape index (κ2) is 9.94. The normalized spacial score (nSPS) is 16.2. The molecule has 3 heterocycles. The lowest BCUT2D eigenvalue weighted by atomic mass is 9.97. The molecule has 2 aromatic heterocycles. The molecule has 3 aromatic rings. The number of carbonyl (C=O) groups excluding carboxylic acids is 1. The van der Waals surface area contributed by atoms with Crippen LogP contribution in [0.15, 0.2) is 65.7 Å². The minimum Gasteiger partial charge on any atom is -0.343 e. The molecule has 0 saturated carbocycles. The van der Waals surface area contributed by atoms with Crippen LogP contribution in [0, 0.1) is 12.8 Å². The van der Waals surface area contributed by atoms with Crippen LogP contribution in [0.5, 0.6) is 0 Å². The first-order valence-electron chi connectivity index (χ1n) is 11.5. The van der Waals surface area contributed by atoms with Gasteiger partial charge in [-0.25, -0.2) is 0 Å². The Labute approximate surface area is 189 Å². The Hall–Kier alpha value is -3.21. The number of nitrogens with zero attached hydrogens (tertiary/aromatic N) is 3. The molecule has 1 aromatic carbocycles. The van der Waals surface area contributed by atoms with Crippen molar-refractivity contribution in [2.45, 2.75) is 46.1 Å². The Kier molecular flexibility index (Phi) is 6.84. The van der Waals surface area contributed by atoms with Crippen molar-refractivity contribution < 1.29 is 4.79 Å². The molecule has 1 aliphatic heterocycles. The molecule has 0 spiro atoms. The van der Waals surface area contributed by atoms with E-state index < -0.39 is 0 Å². The van der Waals surface area contributed by atoms with Gasteiger partial charge >= 0.3 is 0 Å². The number of hydrogen-bond donors (Lipinski definition) is 0. The molecule has 1 saturated heterocycles. The molecule has 1 atom stereocenters. The highest BCUT2D eigenvalue weighted by atomic mass is 16.2. The van der Waals surface area contributed by atoms with Gasteiger partial charge < -0.3 is 9.47 Å². The van der Waals surface area contributed by atoms with Gasteiger partial charge in [0.15, 0.2) is 5.43 Å². The van der Waals surface area contributed by atoms with Crippen LogP contribution >= 0.6 is 0 Å². The molecule has 5 heteroatoms. The molecule has 0 bridgehead atoms. The monoisotopic (exact) mass is 429 g/mol. The summed E-state index contributed by atoms with van der Waals surface area (Å²) in [6, 6.07) is 15.8. The minimum absolute atomic E-state index is 0.118. The molecule has 5 nitrogen and oxygen atoms in total. The summed E-state index contributed by atoms with van der Waals surface area (Å²) in [4.78, 5) is 32.8. The zero-order chi connectivity index (χ0) is 22.5. The standard InChI is InChI=1S/C27H31N3O2/c1-20-7-6-16-29(18-20)27(32)26-24(11-10-22-8-4-3-5-9-22)30(21(2)17-25(26)31)19-23-12-14-28-15-13-23/h3-5,8-9,12-15,17,20H,6-7,10-11,16,18-19H2,1-2H3/t20-/m0/s1. The van der Waals surface area contributed by atoms with Crippen molar-refractivity contribution in [3.8, 4) is 0 Å². The molecule has 0 aliphatic carbocycles. The highest BCUT2D eigenvalue weighted by Crippen LogP contribution is 2.21. The van der Waals surface area contributed by atoms with Crippen LogP contribution in [0.25, 0.3) is 0 Å². The lowest BCUT2D eigenvalue weighted by Crippen LogP contribution is -2.42. The predicted molar refractivity (Wildman–Crippen MR) is 127 cm³/mol. The Balaban J connectivity index is 1.76. The number of benzene rings is 1. The maximum absolute atomic E-state index is 13.6. The summed E-state index contributed by atoms with van der Waals surface area (Å²) in [5.41, 5.74) is 4.17. The number of piperidine rings is 1. The third-order valence-corrected chi connectivity index (χ3v) is 6.37. The quantitative estimate of drug-likeness (QED) is 0.588. The van der Waals surface area contributed by atoms with Gasteiger partial charge in [-0.05, 0) is 61.8 Å². The molecule has 4 rings (SSSR count). The van der Waals surface area contributed by atoms with Gasteiger partial charge in [0.25, 0.3) is 5.91 Å². The van der Waals surface area contributed by atoms with Gasteiger partial charge in [-0.2, -0.15) is 0 Å². The van der Waals surface area contributed by atoms with E-state index in [1.807, 2.05) is 42.2 Å². The van der Waals surface area contributed by atoms with Gasteiger partial charge in [0.2, 0.25) is 0 Å². The fourth-order valence-corrected chi connectivity index (χ4v) is 4.65. The van der Waals surface area contributed by atoms with E-state index in [1.165, 1.54) is 5.56 Å². The number of rotatable bonds is 6. The van der Waals surface area contributed by atoms with Crippen LogP contribution in [0.4, 0.5) is 0 Å². The van der Waals surface area contributed by atoms with E-state index in [0.29, 0.717) is 31.0 Å². The zero-order valence-corrected chi connectivity index (χ0v) is 19.0. The van der Waals surface area contributed by atoms with Crippen LogP contribution in [0.1, 0.15) is 52.6 Å². The molecule has 32 heavy (non-hydrogen) atoms. The number of hydrogen-bond acceptors (Lipinski definition) is 3. The zero-order valence-electron chi connectivity index (χ0n) is 19.0. The first-order valence-corrected chi connectivity index (χ1v) is 11.5. The summed E-state index contributed by atoms with van der Waals surface area (Å²) in [5, 5.41) is 0. The Morgan fingerprint density at radius 3 is 2.53 bits per heavy atom. The lowest BCUT2D eigenvalue weighted by molar-refractivity contribution is 0.0679. The van der Waals surface area contributed by atoms with Gasteiger partial charge in [0.1, 0.15) is 5.56 Å². The molecule has 1 fully saturated rings. The van der Waals surface area contributed by atoms with Crippen molar-refractivity contribution in [3.63, 3.8) is 0 Å². The van der Waals surface area contributed by atoms with E-state index in [9.17, 15) is 9.59 Å². The van der Waals surface area contributed by atoms with Crippen molar-refractivity contribution in [2.75, 3.05) is 13.1 Å². The molecular weight excluding hydrogens is 398 g/mol. The van der Waals surface area contributed by atoms with Crippen molar-refractivity contribution in [2.24, 2.45) is 5.92 Å². The van der Waals surface area contributed by atoms with E-state index in [1.54, 1.807) is 18.5 Å². The average Bonchev–Trinajstić information content (AvgIpc) is 2.80. The lowest BCUT2D eigenvalue weighted by Gasteiger charge is -2.32. The van der Waals surface area contributed by atoms with Crippen molar-refractivity contribution in [1.82, 2.24) is 14.5 Å². The number of carbonyl (C=O) groups is 1. The summed E-state index contributed by atoms with van der Waals surface area (Å²) in [5.74, 6) is 0.345.